The van der Waals surface area contributed by atoms with Crippen LogP contribution in [0.3, 0.4) is 0 Å². The smallest absolute Gasteiger partial charge is 0.317 e. The number of aromatic nitrogens is 3. The van der Waals surface area contributed by atoms with E-state index in [1.54, 1.807) is 0 Å². The second-order valence-electron chi connectivity index (χ2n) is 7.79. The molecule has 146 valence electrons. The van der Waals surface area contributed by atoms with Crippen LogP contribution in [0.4, 0.5) is 4.79 Å². The predicted octanol–water partition coefficient (Wildman–Crippen LogP) is 2.75. The number of benzene rings is 1. The minimum atomic E-state index is -0.502. The number of nitrogens with two attached hydrogens (primary N) is 1. The minimum absolute atomic E-state index is 0.0305. The maximum Gasteiger partial charge on any atom is 0.317 e. The van der Waals surface area contributed by atoms with Crippen molar-refractivity contribution in [2.45, 2.75) is 45.3 Å². The van der Waals surface area contributed by atoms with Gasteiger partial charge in [-0.3, -0.25) is 4.68 Å². The average Bonchev–Trinajstić information content (AvgIpc) is 3.10. The molecule has 1 aromatic heterocycles. The number of carbonyl (C=O) groups is 1. The molecule has 1 saturated heterocycles. The van der Waals surface area contributed by atoms with Gasteiger partial charge < -0.3 is 16.0 Å². The Balaban J connectivity index is 1.51. The Bertz CT molecular complexity index is 767. The van der Waals surface area contributed by atoms with Crippen LogP contribution in [0.1, 0.15) is 37.9 Å². The van der Waals surface area contributed by atoms with Crippen molar-refractivity contribution in [3.8, 4) is 0 Å². The monoisotopic (exact) mass is 390 g/mol. The number of hydrogen-bond acceptors (Lipinski definition) is 4. The highest BCUT2D eigenvalue weighted by Gasteiger charge is 2.25. The van der Waals surface area contributed by atoms with Crippen LogP contribution in [-0.2, 0) is 18.6 Å². The quantitative estimate of drug-likeness (QED) is 0.821. The van der Waals surface area contributed by atoms with Gasteiger partial charge in [-0.1, -0.05) is 28.9 Å². The van der Waals surface area contributed by atoms with Crippen molar-refractivity contribution in [2.24, 2.45) is 11.7 Å². The van der Waals surface area contributed by atoms with Crippen LogP contribution in [-0.4, -0.2) is 39.0 Å². The van der Waals surface area contributed by atoms with E-state index in [0.717, 1.165) is 37.2 Å². The highest BCUT2D eigenvalue weighted by Crippen LogP contribution is 2.20. The van der Waals surface area contributed by atoms with Gasteiger partial charge in [-0.15, -0.1) is 5.10 Å². The van der Waals surface area contributed by atoms with E-state index in [1.165, 1.54) is 0 Å². The Morgan fingerprint density at radius 3 is 2.78 bits per heavy atom. The zero-order chi connectivity index (χ0) is 19.4. The Hall–Kier alpha value is -2.12. The third-order valence-corrected chi connectivity index (χ3v) is 5.06. The van der Waals surface area contributed by atoms with Crippen LogP contribution >= 0.6 is 11.6 Å². The number of nitrogens with zero attached hydrogens (tertiary/aromatic N) is 4. The maximum atomic E-state index is 12.5. The molecule has 2 aromatic rings. The van der Waals surface area contributed by atoms with E-state index < -0.39 is 5.54 Å². The summed E-state index contributed by atoms with van der Waals surface area (Å²) in [6.45, 7) is 6.55. The maximum absolute atomic E-state index is 12.5. The summed E-state index contributed by atoms with van der Waals surface area (Å²) in [6, 6.07) is 7.47. The summed E-state index contributed by atoms with van der Waals surface area (Å²) in [5.41, 5.74) is 7.37. The number of nitrogens with one attached hydrogen (secondary N) is 1. The molecule has 0 bridgehead atoms. The van der Waals surface area contributed by atoms with Crippen molar-refractivity contribution >= 4 is 17.6 Å². The van der Waals surface area contributed by atoms with E-state index in [4.69, 9.17) is 17.3 Å². The number of rotatable bonds is 5. The Labute approximate surface area is 164 Å². The van der Waals surface area contributed by atoms with E-state index in [-0.39, 0.29) is 6.03 Å². The van der Waals surface area contributed by atoms with Gasteiger partial charge in [0, 0.05) is 31.2 Å². The SMILES string of the molecule is CC(C)(N)c1cn(C[C@@H]2CCCN(C(=O)NCc3ccc(Cl)cc3)C2)nn1. The fraction of sp³-hybridized carbons (Fsp3) is 0.526. The first kappa shape index (κ1) is 19.6. The minimum Gasteiger partial charge on any atom is -0.334 e. The molecule has 7 nitrogen and oxygen atoms in total. The molecule has 0 unspecified atom stereocenters. The summed E-state index contributed by atoms with van der Waals surface area (Å²) in [4.78, 5) is 14.4. The normalized spacial score (nSPS) is 17.8. The van der Waals surface area contributed by atoms with Crippen LogP contribution in [0.5, 0.6) is 0 Å². The number of hydrogen-bond donors (Lipinski definition) is 2. The molecule has 2 heterocycles. The summed E-state index contributed by atoms with van der Waals surface area (Å²) >= 11 is 5.89. The van der Waals surface area contributed by atoms with E-state index in [1.807, 2.05) is 53.9 Å². The molecule has 1 aromatic carbocycles. The van der Waals surface area contributed by atoms with Gasteiger partial charge in [0.1, 0.15) is 5.69 Å². The summed E-state index contributed by atoms with van der Waals surface area (Å²) in [5, 5.41) is 12.0. The predicted molar refractivity (Wildman–Crippen MR) is 105 cm³/mol. The number of amides is 2. The molecule has 1 aliphatic rings. The number of urea groups is 1. The van der Waals surface area contributed by atoms with E-state index in [2.05, 4.69) is 15.6 Å². The second-order valence-corrected chi connectivity index (χ2v) is 8.22. The molecule has 0 aliphatic carbocycles. The first-order valence-corrected chi connectivity index (χ1v) is 9.66. The van der Waals surface area contributed by atoms with E-state index in [9.17, 15) is 4.79 Å². The van der Waals surface area contributed by atoms with Gasteiger partial charge in [0.25, 0.3) is 0 Å². The zero-order valence-electron chi connectivity index (χ0n) is 15.9. The Kier molecular flexibility index (Phi) is 6.01. The van der Waals surface area contributed by atoms with Gasteiger partial charge in [-0.25, -0.2) is 4.79 Å². The van der Waals surface area contributed by atoms with Gasteiger partial charge in [0.15, 0.2) is 0 Å². The van der Waals surface area contributed by atoms with Crippen molar-refractivity contribution in [3.63, 3.8) is 0 Å². The molecule has 1 aliphatic heterocycles. The van der Waals surface area contributed by atoms with Crippen molar-refractivity contribution in [3.05, 3.63) is 46.7 Å². The van der Waals surface area contributed by atoms with Crippen LogP contribution in [0.25, 0.3) is 0 Å². The number of halogens is 1. The van der Waals surface area contributed by atoms with Crippen LogP contribution in [0.15, 0.2) is 30.5 Å². The molecule has 0 spiro atoms. The zero-order valence-corrected chi connectivity index (χ0v) is 16.6. The van der Waals surface area contributed by atoms with Crippen LogP contribution in [0.2, 0.25) is 5.02 Å². The molecule has 3 N–H and O–H groups in total. The van der Waals surface area contributed by atoms with Crippen molar-refractivity contribution in [1.29, 1.82) is 0 Å². The average molecular weight is 391 g/mol. The summed E-state index contributed by atoms with van der Waals surface area (Å²) in [5.74, 6) is 0.357. The fourth-order valence-electron chi connectivity index (χ4n) is 3.24. The topological polar surface area (TPSA) is 89.1 Å². The highest BCUT2D eigenvalue weighted by molar-refractivity contribution is 6.30. The summed E-state index contributed by atoms with van der Waals surface area (Å²) in [7, 11) is 0. The second kappa shape index (κ2) is 8.27. The fourth-order valence-corrected chi connectivity index (χ4v) is 3.36. The van der Waals surface area contributed by atoms with Crippen molar-refractivity contribution in [1.82, 2.24) is 25.2 Å². The lowest BCUT2D eigenvalue weighted by atomic mass is 9.98. The molecule has 27 heavy (non-hydrogen) atoms. The third-order valence-electron chi connectivity index (χ3n) is 4.81. The number of carbonyl (C=O) groups excluding carboxylic acids is 1. The molecule has 1 atom stereocenters. The molecule has 8 heteroatoms. The van der Waals surface area contributed by atoms with E-state index >= 15 is 0 Å². The highest BCUT2D eigenvalue weighted by atomic mass is 35.5. The number of piperidine rings is 1. The van der Waals surface area contributed by atoms with E-state index in [0.29, 0.717) is 24.0 Å². The number of likely N-dealkylation sites (tertiary alicyclic amines) is 1. The lowest BCUT2D eigenvalue weighted by molar-refractivity contribution is 0.157. The van der Waals surface area contributed by atoms with Gasteiger partial charge in [0.2, 0.25) is 0 Å². The standard InChI is InChI=1S/C19H27ClN6O/c1-19(2,21)17-13-26(24-23-17)12-15-4-3-9-25(11-15)18(27)22-10-14-5-7-16(20)8-6-14/h5-8,13,15H,3-4,9-12,21H2,1-2H3,(H,22,27)/t15-/m1/s1. The first-order chi connectivity index (χ1) is 12.8. The molecule has 0 saturated carbocycles. The van der Waals surface area contributed by atoms with Gasteiger partial charge in [-0.2, -0.15) is 0 Å². The summed E-state index contributed by atoms with van der Waals surface area (Å²) < 4.78 is 1.84. The van der Waals surface area contributed by atoms with Crippen molar-refractivity contribution in [2.75, 3.05) is 13.1 Å². The van der Waals surface area contributed by atoms with Gasteiger partial charge in [0.05, 0.1) is 11.7 Å². The third kappa shape index (κ3) is 5.43. The lowest BCUT2D eigenvalue weighted by Gasteiger charge is -2.32. The van der Waals surface area contributed by atoms with Gasteiger partial charge >= 0.3 is 6.03 Å². The lowest BCUT2D eigenvalue weighted by Crippen LogP contribution is -2.46. The largest absolute Gasteiger partial charge is 0.334 e. The first-order valence-electron chi connectivity index (χ1n) is 9.28. The summed E-state index contributed by atoms with van der Waals surface area (Å²) in [6.07, 6.45) is 3.96. The van der Waals surface area contributed by atoms with Crippen LogP contribution < -0.4 is 11.1 Å². The molecule has 2 amide bonds. The molecular formula is C19H27ClN6O. The Morgan fingerprint density at radius 1 is 1.37 bits per heavy atom. The molecule has 3 rings (SSSR count). The molecule has 0 radical (unpaired) electrons. The van der Waals surface area contributed by atoms with Gasteiger partial charge in [-0.05, 0) is 50.3 Å². The molecular weight excluding hydrogens is 364 g/mol. The Morgan fingerprint density at radius 2 is 2.11 bits per heavy atom. The molecule has 1 fully saturated rings. The van der Waals surface area contributed by atoms with Crippen molar-refractivity contribution < 1.29 is 4.79 Å². The van der Waals surface area contributed by atoms with Crippen LogP contribution in [0, 0.1) is 5.92 Å².